The first-order valence-corrected chi connectivity index (χ1v) is 26.9. The van der Waals surface area contributed by atoms with Gasteiger partial charge in [-0.2, -0.15) is 0 Å². The number of carbonyl (C=O) groups is 6. The molecule has 440 valence electrons. The molecule has 77 heavy (non-hydrogen) atoms. The molecular weight excluding hydrogens is 1000 g/mol. The summed E-state index contributed by atoms with van der Waals surface area (Å²) in [6.07, 6.45) is 11.0. The van der Waals surface area contributed by atoms with Crippen molar-refractivity contribution in [1.82, 2.24) is 0 Å². The van der Waals surface area contributed by atoms with Gasteiger partial charge >= 0.3 is 35.8 Å². The smallest absolute Gasteiger partial charge is 0.332 e. The van der Waals surface area contributed by atoms with Crippen molar-refractivity contribution in [3.8, 4) is 0 Å². The van der Waals surface area contributed by atoms with Gasteiger partial charge in [-0.3, -0.25) is 0 Å². The molecule has 0 bridgehead atoms. The Bertz CT molecular complexity index is 1650. The number of hydrogen-bond donors (Lipinski definition) is 0. The number of methoxy groups -OCH3 is 2. The number of rotatable bonds is 38. The van der Waals surface area contributed by atoms with Crippen LogP contribution in [-0.2, 0) is 95.1 Å². The van der Waals surface area contributed by atoms with Gasteiger partial charge in [0.15, 0.2) is 0 Å². The van der Waals surface area contributed by atoms with Crippen molar-refractivity contribution in [2.45, 2.75) is 123 Å². The monoisotopic (exact) mass is 1100 g/mol. The average Bonchev–Trinajstić information content (AvgIpc) is 4.17. The van der Waals surface area contributed by atoms with E-state index in [0.717, 1.165) is 51.4 Å². The number of esters is 6. The van der Waals surface area contributed by atoms with Crippen molar-refractivity contribution in [2.24, 2.45) is 47.3 Å². The average molecular weight is 1100 g/mol. The number of hydrogen-bond acceptors (Lipinski definition) is 20. The summed E-state index contributed by atoms with van der Waals surface area (Å²) in [6, 6.07) is 0. The maximum Gasteiger partial charge on any atom is 0.332 e. The molecule has 4 aliphatic rings. The first kappa shape index (κ1) is 68.6. The molecule has 0 heterocycles. The molecule has 4 aliphatic carbocycles. The molecule has 0 spiro atoms. The summed E-state index contributed by atoms with van der Waals surface area (Å²) in [6.45, 7) is 23.5. The van der Waals surface area contributed by atoms with Crippen LogP contribution in [0.1, 0.15) is 86.5 Å². The highest BCUT2D eigenvalue weighted by molar-refractivity contribution is 5.73. The van der Waals surface area contributed by atoms with E-state index in [1.54, 1.807) is 0 Å². The molecule has 0 N–H and O–H groups in total. The second-order valence-electron chi connectivity index (χ2n) is 19.2. The molecule has 0 aromatic heterocycles. The summed E-state index contributed by atoms with van der Waals surface area (Å²) in [4.78, 5) is 72.6. The number of fused-ring (bicyclic) bond motifs is 2. The molecule has 0 saturated heterocycles. The Labute approximate surface area is 457 Å². The predicted molar refractivity (Wildman–Crippen MR) is 283 cm³/mol. The molecule has 20 heteroatoms. The van der Waals surface area contributed by atoms with Crippen molar-refractivity contribution < 1.29 is 95.1 Å². The number of carbonyl (C=O) groups excluding carboxylic acids is 6. The van der Waals surface area contributed by atoms with Gasteiger partial charge in [0, 0.05) is 37.9 Å². The highest BCUT2D eigenvalue weighted by Crippen LogP contribution is 2.54. The molecule has 20 nitrogen and oxygen atoms in total. The van der Waals surface area contributed by atoms with E-state index in [1.807, 2.05) is 0 Å². The normalized spacial score (nSPS) is 25.8. The fourth-order valence-corrected chi connectivity index (χ4v) is 10.9. The lowest BCUT2D eigenvalue weighted by Crippen LogP contribution is -2.31. The highest BCUT2D eigenvalue weighted by atomic mass is 16.6. The van der Waals surface area contributed by atoms with Gasteiger partial charge in [-0.05, 0) is 99.3 Å². The SMILES string of the molecule is C.C=CC(C=C)OC(=O)COCCOCCOCC(=O)OC(C=C)C=C.CCC1CC2C(CC(CC)[C@@H]2OC(=O)COC)C1OC(=O)COCCOCCOCC(=O)OC1C(CC)CC2C1CC(CC)[C@@H]2OC(=O)COC. The molecule has 0 radical (unpaired) electrons. The lowest BCUT2D eigenvalue weighted by atomic mass is 9.92. The van der Waals surface area contributed by atoms with Gasteiger partial charge in [0.1, 0.15) is 76.3 Å². The van der Waals surface area contributed by atoms with Gasteiger partial charge < -0.3 is 66.3 Å². The van der Waals surface area contributed by atoms with E-state index in [4.69, 9.17) is 66.3 Å². The van der Waals surface area contributed by atoms with Crippen LogP contribution in [0.4, 0.5) is 0 Å². The van der Waals surface area contributed by atoms with E-state index in [2.05, 4.69) is 54.0 Å². The van der Waals surface area contributed by atoms with Gasteiger partial charge in [-0.1, -0.05) is 61.4 Å². The zero-order valence-electron chi connectivity index (χ0n) is 45.9. The largest absolute Gasteiger partial charge is 0.460 e. The Morgan fingerprint density at radius 3 is 0.818 bits per heavy atom. The quantitative estimate of drug-likeness (QED) is 0.0282. The fraction of sp³-hybridized carbons (Fsp3) is 0.754. The van der Waals surface area contributed by atoms with Crippen LogP contribution in [0.5, 0.6) is 0 Å². The summed E-state index contributed by atoms with van der Waals surface area (Å²) >= 11 is 0. The Kier molecular flexibility index (Phi) is 34.7. The van der Waals surface area contributed by atoms with Gasteiger partial charge in [-0.25, -0.2) is 28.8 Å². The lowest BCUT2D eigenvalue weighted by molar-refractivity contribution is -0.161. The van der Waals surface area contributed by atoms with Crippen molar-refractivity contribution in [3.05, 3.63) is 50.6 Å². The van der Waals surface area contributed by atoms with Crippen LogP contribution >= 0.6 is 0 Å². The van der Waals surface area contributed by atoms with Crippen molar-refractivity contribution in [3.63, 3.8) is 0 Å². The van der Waals surface area contributed by atoms with E-state index >= 15 is 0 Å². The molecule has 0 amide bonds. The molecular formula is C57H92O20. The Morgan fingerprint density at radius 2 is 0.597 bits per heavy atom. The third-order valence-corrected chi connectivity index (χ3v) is 14.5. The van der Waals surface area contributed by atoms with Crippen molar-refractivity contribution in [2.75, 3.05) is 107 Å². The maximum atomic E-state index is 12.7. The van der Waals surface area contributed by atoms with Crippen LogP contribution in [0.2, 0.25) is 0 Å². The van der Waals surface area contributed by atoms with Crippen LogP contribution in [0.15, 0.2) is 50.6 Å². The van der Waals surface area contributed by atoms with E-state index in [0.29, 0.717) is 0 Å². The third kappa shape index (κ3) is 23.4. The van der Waals surface area contributed by atoms with Gasteiger partial charge in [-0.15, -0.1) is 0 Å². The summed E-state index contributed by atoms with van der Waals surface area (Å²) in [5.74, 6) is -0.939. The van der Waals surface area contributed by atoms with Gasteiger partial charge in [0.05, 0.1) is 52.9 Å². The first-order valence-electron chi connectivity index (χ1n) is 26.9. The zero-order valence-corrected chi connectivity index (χ0v) is 45.9. The van der Waals surface area contributed by atoms with E-state index in [9.17, 15) is 28.8 Å². The summed E-state index contributed by atoms with van der Waals surface area (Å²) < 4.78 is 75.5. The van der Waals surface area contributed by atoms with E-state index in [-0.39, 0.29) is 184 Å². The van der Waals surface area contributed by atoms with Crippen LogP contribution in [0.25, 0.3) is 0 Å². The van der Waals surface area contributed by atoms with Crippen LogP contribution in [0.3, 0.4) is 0 Å². The third-order valence-electron chi connectivity index (χ3n) is 14.5. The fourth-order valence-electron chi connectivity index (χ4n) is 10.9. The second kappa shape index (κ2) is 38.9. The Morgan fingerprint density at radius 1 is 0.377 bits per heavy atom. The molecule has 4 fully saturated rings. The van der Waals surface area contributed by atoms with Gasteiger partial charge in [0.25, 0.3) is 0 Å². The van der Waals surface area contributed by atoms with Crippen molar-refractivity contribution >= 4 is 35.8 Å². The molecule has 4 saturated carbocycles. The van der Waals surface area contributed by atoms with Crippen LogP contribution in [-0.4, -0.2) is 179 Å². The predicted octanol–water partition coefficient (Wildman–Crippen LogP) is 6.40. The second-order valence-corrected chi connectivity index (χ2v) is 19.2. The maximum absolute atomic E-state index is 12.7. The van der Waals surface area contributed by atoms with E-state index < -0.39 is 36.1 Å². The highest BCUT2D eigenvalue weighted by Gasteiger charge is 2.57. The minimum Gasteiger partial charge on any atom is -0.460 e. The minimum absolute atomic E-state index is 0. The van der Waals surface area contributed by atoms with Crippen molar-refractivity contribution in [1.29, 1.82) is 0 Å². The van der Waals surface area contributed by atoms with Gasteiger partial charge in [0.2, 0.25) is 0 Å². The lowest BCUT2D eigenvalue weighted by Gasteiger charge is -2.25. The van der Waals surface area contributed by atoms with Crippen LogP contribution in [0, 0.1) is 47.3 Å². The zero-order chi connectivity index (χ0) is 55.8. The minimum atomic E-state index is -0.524. The summed E-state index contributed by atoms with van der Waals surface area (Å²) in [5.41, 5.74) is 0. The summed E-state index contributed by atoms with van der Waals surface area (Å²) in [5, 5.41) is 0. The molecule has 0 aromatic carbocycles. The first-order chi connectivity index (χ1) is 36.7. The standard InChI is InChI=1S/C38H62O13.C18H26O7.CH4/c1-7-23-15-29-27(35(23)48-31(39)19-43-5)17-25(9-3)37(29)50-33(41)21-46-13-11-45-12-14-47-22-34(42)51-38-26(10-4)18-28-30(38)16-24(8-2)36(28)49-32(40)20-44-6;1-5-15(6-2)24-17(19)13-22-11-9-21-10-12-23-14-18(20)25-16(7-3)8-4;/h23-30,35-38H,7-22H2,1-6H3;5-8,15-16H,1-4,9-14H2;1H4/t23?,24?,25?,26?,27?,28?,29?,30?,35-,36-,37?,38?;;/m0../s1. The topological polar surface area (TPSA) is 232 Å². The summed E-state index contributed by atoms with van der Waals surface area (Å²) in [7, 11) is 2.96. The molecule has 0 aromatic rings. The molecule has 4 rings (SSSR count). The number of ether oxygens (including phenoxy) is 14. The van der Waals surface area contributed by atoms with Crippen LogP contribution < -0.4 is 0 Å². The Hall–Kier alpha value is -4.54. The Balaban J connectivity index is 0.000000660. The molecule has 10 unspecified atom stereocenters. The molecule has 12 atom stereocenters. The van der Waals surface area contributed by atoms with E-state index in [1.165, 1.54) is 38.5 Å². The molecule has 0 aliphatic heterocycles.